The average Bonchev–Trinajstić information content (AvgIpc) is 3.10. The molecule has 56 heavy (non-hydrogen) atoms. The van der Waals surface area contributed by atoms with Gasteiger partial charge in [-0.25, -0.2) is 0 Å². The molecule has 0 radical (unpaired) electrons. The number of ether oxygens (including phenoxy) is 1. The number of thioether (sulfide) groups is 1. The molecule has 18 heteroatoms. The normalized spacial score (nSPS) is 12.6. The van der Waals surface area contributed by atoms with Crippen LogP contribution in [0.25, 0.3) is 0 Å². The van der Waals surface area contributed by atoms with Crippen LogP contribution >= 0.6 is 24.4 Å². The van der Waals surface area contributed by atoms with Crippen molar-refractivity contribution in [2.24, 2.45) is 23.7 Å². The quantitative estimate of drug-likeness (QED) is 0.0266. The molecule has 6 N–H and O–H groups in total. The molecule has 0 aromatic rings. The fourth-order valence-corrected chi connectivity index (χ4v) is 5.06. The zero-order chi connectivity index (χ0) is 43.8. The number of carboxylic acid groups (broad SMARTS) is 2. The summed E-state index contributed by atoms with van der Waals surface area (Å²) < 4.78 is 4.58. The Morgan fingerprint density at radius 1 is 0.589 bits per heavy atom. The van der Waals surface area contributed by atoms with Gasteiger partial charge in [-0.05, 0) is 51.0 Å². The summed E-state index contributed by atoms with van der Waals surface area (Å²) in [6.07, 6.45) is 5.83. The molecule has 0 aliphatic carbocycles. The minimum Gasteiger partial charge on any atom is -0.481 e. The highest BCUT2D eigenvalue weighted by atomic mass is 32.2. The van der Waals surface area contributed by atoms with Gasteiger partial charge in [0.1, 0.15) is 0 Å². The summed E-state index contributed by atoms with van der Waals surface area (Å²) in [4.78, 5) is 102. The first-order chi connectivity index (χ1) is 26.1. The Labute approximate surface area is 342 Å². The predicted octanol–water partition coefficient (Wildman–Crippen LogP) is 4.13. The van der Waals surface area contributed by atoms with Gasteiger partial charge in [-0.3, -0.25) is 43.2 Å². The van der Waals surface area contributed by atoms with E-state index in [2.05, 4.69) is 38.6 Å². The highest BCUT2D eigenvalue weighted by Gasteiger charge is 2.24. The average molecular weight is 837 g/mol. The molecular weight excluding hydrogens is 769 g/mol. The summed E-state index contributed by atoms with van der Waals surface area (Å²) in [5, 5.41) is 27.1. The van der Waals surface area contributed by atoms with Gasteiger partial charge >= 0.3 is 17.9 Å². The number of carbonyl (C=O) groups excluding carboxylic acids is 7. The van der Waals surface area contributed by atoms with Crippen LogP contribution in [-0.2, 0) is 47.9 Å². The van der Waals surface area contributed by atoms with E-state index < -0.39 is 41.8 Å². The lowest BCUT2D eigenvalue weighted by atomic mass is 10.00. The van der Waals surface area contributed by atoms with Crippen molar-refractivity contribution in [2.75, 3.05) is 24.1 Å². The third-order valence-electron chi connectivity index (χ3n) is 7.74. The number of rotatable bonds is 27. The maximum absolute atomic E-state index is 12.1. The van der Waals surface area contributed by atoms with Crippen molar-refractivity contribution in [1.82, 2.24) is 21.3 Å². The molecular formula is C38H68N4O12S2. The smallest absolute Gasteiger partial charge is 0.304 e. The van der Waals surface area contributed by atoms with Crippen LogP contribution in [0.2, 0.25) is 0 Å². The summed E-state index contributed by atoms with van der Waals surface area (Å²) in [5.74, 6) is -2.52. The number of thiol groups is 1. The van der Waals surface area contributed by atoms with Crippen LogP contribution in [0.1, 0.15) is 127 Å². The molecule has 16 nitrogen and oxygen atoms in total. The summed E-state index contributed by atoms with van der Waals surface area (Å²) in [6, 6.07) is -1.23. The second kappa shape index (κ2) is 34.6. The number of aliphatic carboxylic acids is 2. The Hall–Kier alpha value is -3.67. The predicted molar refractivity (Wildman–Crippen MR) is 219 cm³/mol. The largest absolute Gasteiger partial charge is 0.481 e. The Kier molecular flexibility index (Phi) is 35.0. The highest BCUT2D eigenvalue weighted by molar-refractivity contribution is 7.99. The van der Waals surface area contributed by atoms with E-state index in [1.54, 1.807) is 67.2 Å². The van der Waals surface area contributed by atoms with Crippen LogP contribution in [0.3, 0.4) is 0 Å². The first-order valence-electron chi connectivity index (χ1n) is 19.0. The second-order valence-electron chi connectivity index (χ2n) is 14.0. The third kappa shape index (κ3) is 34.8. The Bertz CT molecular complexity index is 1230. The number of hydrogen-bond donors (Lipinski definition) is 7. The van der Waals surface area contributed by atoms with E-state index >= 15 is 0 Å². The van der Waals surface area contributed by atoms with Gasteiger partial charge in [0.2, 0.25) is 23.6 Å². The number of hydrogen-bond acceptors (Lipinski definition) is 12. The fraction of sp³-hybridized carbons (Fsp3) is 0.763. The number of amides is 4. The number of carbonyl (C=O) groups is 9. The standard InChI is InChI=1S/C18H32N2O5S.C14H24N2O5.C6H12O2S/c1-12(2)17(24)20-14(4)15(21)10-13(3)18(25)19-11-26-9-7-5-6-8-16(22)23;1-8(2)13(19)16-10(4)12(18)6-9(3)14(20)15-7-21-11(5)17;7-6(8)4-2-1-3-5-9/h12-14H,5-11H2,1-4H3,(H,19,25)(H,20,24)(H,22,23);8-10H,6-7H2,1-5H3,(H,15,20)(H,16,19);9H,1-5H2,(H,7,8)/t13-,14+;9-,10+;/m11./s1. The van der Waals surface area contributed by atoms with E-state index in [-0.39, 0.29) is 73.0 Å². The van der Waals surface area contributed by atoms with Gasteiger partial charge in [-0.2, -0.15) is 12.6 Å². The van der Waals surface area contributed by atoms with Crippen LogP contribution in [0.4, 0.5) is 0 Å². The molecule has 0 fully saturated rings. The van der Waals surface area contributed by atoms with Crippen LogP contribution in [0.15, 0.2) is 0 Å². The molecule has 0 rings (SSSR count). The van der Waals surface area contributed by atoms with Gasteiger partial charge in [0.05, 0.1) is 18.0 Å². The van der Waals surface area contributed by atoms with Crippen LogP contribution in [0, 0.1) is 23.7 Å². The SMILES string of the molecule is CC(=O)OCNC(=O)[C@H](C)CC(=O)[C@H](C)NC(=O)C(C)C.CC(C)C(=O)N[C@@H](C)C(=O)C[C@@H](C)C(=O)NCSCCCCCC(=O)O.O=C(O)CCCCCS. The van der Waals surface area contributed by atoms with Gasteiger partial charge in [-0.1, -0.05) is 54.4 Å². The van der Waals surface area contributed by atoms with Gasteiger partial charge < -0.3 is 36.2 Å². The van der Waals surface area contributed by atoms with Gasteiger partial charge in [-0.15, -0.1) is 11.8 Å². The lowest BCUT2D eigenvalue weighted by molar-refractivity contribution is -0.144. The molecule has 0 aromatic carbocycles. The van der Waals surface area contributed by atoms with Crippen LogP contribution < -0.4 is 21.3 Å². The number of ketones is 2. The number of carboxylic acids is 2. The van der Waals surface area contributed by atoms with E-state index in [1.165, 1.54) is 6.92 Å². The van der Waals surface area contributed by atoms with E-state index in [0.29, 0.717) is 18.7 Å². The summed E-state index contributed by atoms with van der Waals surface area (Å²) in [6.45, 7) is 14.5. The van der Waals surface area contributed by atoms with Crippen molar-refractivity contribution in [2.45, 2.75) is 139 Å². The van der Waals surface area contributed by atoms with Gasteiger partial charge in [0, 0.05) is 56.3 Å². The first kappa shape index (κ1) is 56.7. The maximum atomic E-state index is 12.1. The zero-order valence-electron chi connectivity index (χ0n) is 34.7. The fourth-order valence-electron chi connectivity index (χ4n) is 4.04. The molecule has 0 aromatic heterocycles. The summed E-state index contributed by atoms with van der Waals surface area (Å²) in [7, 11) is 0. The lowest BCUT2D eigenvalue weighted by Gasteiger charge is -2.17. The molecule has 0 aliphatic heterocycles. The van der Waals surface area contributed by atoms with Crippen molar-refractivity contribution >= 4 is 77.5 Å². The summed E-state index contributed by atoms with van der Waals surface area (Å²) in [5.41, 5.74) is 0. The van der Waals surface area contributed by atoms with E-state index in [1.807, 2.05) is 0 Å². The maximum Gasteiger partial charge on any atom is 0.304 e. The minimum absolute atomic E-state index is 0.00540. The molecule has 0 saturated carbocycles. The molecule has 0 aliphatic rings. The number of esters is 1. The molecule has 324 valence electrons. The lowest BCUT2D eigenvalue weighted by Crippen LogP contribution is -2.42. The second-order valence-corrected chi connectivity index (χ2v) is 15.5. The number of unbranched alkanes of at least 4 members (excludes halogenated alkanes) is 4. The van der Waals surface area contributed by atoms with E-state index in [9.17, 15) is 43.2 Å². The van der Waals surface area contributed by atoms with E-state index in [0.717, 1.165) is 43.6 Å². The summed E-state index contributed by atoms with van der Waals surface area (Å²) >= 11 is 5.57. The third-order valence-corrected chi connectivity index (χ3v) is 8.98. The van der Waals surface area contributed by atoms with Crippen molar-refractivity contribution in [3.05, 3.63) is 0 Å². The molecule has 0 heterocycles. The Morgan fingerprint density at radius 3 is 1.38 bits per heavy atom. The number of nitrogens with one attached hydrogen (secondary N) is 4. The molecule has 0 bridgehead atoms. The first-order valence-corrected chi connectivity index (χ1v) is 20.8. The molecule has 4 amide bonds. The van der Waals surface area contributed by atoms with Crippen molar-refractivity contribution in [3.8, 4) is 0 Å². The van der Waals surface area contributed by atoms with Gasteiger partial charge in [0.15, 0.2) is 18.3 Å². The zero-order valence-corrected chi connectivity index (χ0v) is 36.4. The van der Waals surface area contributed by atoms with Gasteiger partial charge in [0.25, 0.3) is 0 Å². The monoisotopic (exact) mass is 836 g/mol. The van der Waals surface area contributed by atoms with Crippen LogP contribution in [-0.4, -0.2) is 99.5 Å². The highest BCUT2D eigenvalue weighted by Crippen LogP contribution is 2.10. The van der Waals surface area contributed by atoms with E-state index in [4.69, 9.17) is 10.2 Å². The molecule has 4 atom stereocenters. The Balaban J connectivity index is -0.000000835. The van der Waals surface area contributed by atoms with Crippen molar-refractivity contribution < 1.29 is 58.1 Å². The molecule has 0 spiro atoms. The molecule has 0 unspecified atom stereocenters. The number of Topliss-reactive ketones (excluding diaryl/α,β-unsaturated/α-hetero) is 2. The van der Waals surface area contributed by atoms with Crippen LogP contribution in [0.5, 0.6) is 0 Å². The van der Waals surface area contributed by atoms with Crippen molar-refractivity contribution in [3.63, 3.8) is 0 Å². The minimum atomic E-state index is -0.772. The topological polar surface area (TPSA) is 251 Å². The van der Waals surface area contributed by atoms with Crippen molar-refractivity contribution in [1.29, 1.82) is 0 Å². The molecule has 0 saturated heterocycles. The Morgan fingerprint density at radius 2 is 1.00 bits per heavy atom.